The van der Waals surface area contributed by atoms with Crippen molar-refractivity contribution < 1.29 is 18.3 Å². The number of nitrogens with one attached hydrogen (secondary N) is 1. The summed E-state index contributed by atoms with van der Waals surface area (Å²) in [6, 6.07) is 0.970. The minimum Gasteiger partial charge on any atom is -0.396 e. The smallest absolute Gasteiger partial charge is 0.396 e. The Labute approximate surface area is 149 Å². The molecule has 1 aliphatic rings. The van der Waals surface area contributed by atoms with Crippen molar-refractivity contribution in [2.24, 2.45) is 11.8 Å². The number of hydrogen-bond acceptors (Lipinski definition) is 3. The van der Waals surface area contributed by atoms with E-state index in [1.807, 2.05) is 6.92 Å². The van der Waals surface area contributed by atoms with E-state index in [1.54, 1.807) is 0 Å². The lowest BCUT2D eigenvalue weighted by atomic mass is 9.80. The summed E-state index contributed by atoms with van der Waals surface area (Å²) in [5, 5.41) is 12.4. The number of nitrogens with zero attached hydrogens (tertiary/aromatic N) is 1. The number of aromatic nitrogens is 1. The fraction of sp³-hybridized carbons (Fsp3) is 0.706. The molecule has 1 atom stereocenters. The molecule has 2 rings (SSSR count). The molecule has 1 fully saturated rings. The van der Waals surface area contributed by atoms with Gasteiger partial charge in [-0.15, -0.1) is 0 Å². The summed E-state index contributed by atoms with van der Waals surface area (Å²) < 4.78 is 38.4. The van der Waals surface area contributed by atoms with Gasteiger partial charge in [-0.2, -0.15) is 13.2 Å². The van der Waals surface area contributed by atoms with Crippen molar-refractivity contribution in [3.63, 3.8) is 0 Å². The standard InChI is InChI=1S/C17H24BrF3N2O/c1-11(16-15(18)8-14(10-23-16)17(19,20)21)22-9-13-4-2-12(3-5-13)6-7-24/h8,10-13,22,24H,2-7,9H2,1H3. The largest absolute Gasteiger partial charge is 0.417 e. The lowest BCUT2D eigenvalue weighted by molar-refractivity contribution is -0.137. The molecule has 0 spiro atoms. The summed E-state index contributed by atoms with van der Waals surface area (Å²) in [4.78, 5) is 3.99. The van der Waals surface area contributed by atoms with Crippen LogP contribution in [0, 0.1) is 11.8 Å². The molecule has 1 heterocycles. The highest BCUT2D eigenvalue weighted by molar-refractivity contribution is 9.10. The molecule has 0 amide bonds. The SMILES string of the molecule is CC(NCC1CCC(CCO)CC1)c1ncc(C(F)(F)F)cc1Br. The van der Waals surface area contributed by atoms with E-state index >= 15 is 0 Å². The first-order valence-corrected chi connectivity index (χ1v) is 9.17. The van der Waals surface area contributed by atoms with Crippen LogP contribution in [0.2, 0.25) is 0 Å². The maximum absolute atomic E-state index is 12.7. The zero-order valence-electron chi connectivity index (χ0n) is 13.7. The lowest BCUT2D eigenvalue weighted by Crippen LogP contribution is -2.29. The average molecular weight is 409 g/mol. The summed E-state index contributed by atoms with van der Waals surface area (Å²) in [5.41, 5.74) is -0.149. The molecule has 2 N–H and O–H groups in total. The Hall–Kier alpha value is -0.660. The molecule has 0 aromatic carbocycles. The summed E-state index contributed by atoms with van der Waals surface area (Å²) >= 11 is 3.21. The van der Waals surface area contributed by atoms with Gasteiger partial charge in [-0.3, -0.25) is 4.98 Å². The Morgan fingerprint density at radius 3 is 2.46 bits per heavy atom. The van der Waals surface area contributed by atoms with Crippen molar-refractivity contribution in [3.8, 4) is 0 Å². The van der Waals surface area contributed by atoms with Crippen LogP contribution in [0.3, 0.4) is 0 Å². The molecule has 1 aliphatic carbocycles. The van der Waals surface area contributed by atoms with Crippen LogP contribution in [0.5, 0.6) is 0 Å². The molecule has 1 aromatic heterocycles. The van der Waals surface area contributed by atoms with Crippen LogP contribution in [0.1, 0.15) is 56.3 Å². The summed E-state index contributed by atoms with van der Waals surface area (Å²) in [7, 11) is 0. The monoisotopic (exact) mass is 408 g/mol. The molecular formula is C17H24BrF3N2O. The van der Waals surface area contributed by atoms with Crippen LogP contribution in [0.25, 0.3) is 0 Å². The van der Waals surface area contributed by atoms with E-state index in [2.05, 4.69) is 26.2 Å². The fourth-order valence-electron chi connectivity index (χ4n) is 3.27. The normalized spacial score (nSPS) is 23.2. The van der Waals surface area contributed by atoms with E-state index in [0.29, 0.717) is 22.0 Å². The van der Waals surface area contributed by atoms with Crippen LogP contribution in [-0.2, 0) is 6.18 Å². The second kappa shape index (κ2) is 8.63. The molecule has 1 unspecified atom stereocenters. The highest BCUT2D eigenvalue weighted by Crippen LogP contribution is 2.33. The number of halogens is 4. The van der Waals surface area contributed by atoms with Gasteiger partial charge in [0.25, 0.3) is 0 Å². The number of aliphatic hydroxyl groups excluding tert-OH is 1. The quantitative estimate of drug-likeness (QED) is 0.716. The van der Waals surface area contributed by atoms with Gasteiger partial charge in [0, 0.05) is 23.3 Å². The van der Waals surface area contributed by atoms with E-state index < -0.39 is 11.7 Å². The summed E-state index contributed by atoms with van der Waals surface area (Å²) in [6.45, 7) is 3.01. The van der Waals surface area contributed by atoms with Crippen molar-refractivity contribution in [1.82, 2.24) is 10.3 Å². The van der Waals surface area contributed by atoms with Crippen molar-refractivity contribution in [2.75, 3.05) is 13.2 Å². The van der Waals surface area contributed by atoms with E-state index in [-0.39, 0.29) is 12.6 Å². The molecule has 136 valence electrons. The van der Waals surface area contributed by atoms with Gasteiger partial charge in [-0.05, 0) is 66.6 Å². The van der Waals surface area contributed by atoms with Crippen molar-refractivity contribution >= 4 is 15.9 Å². The van der Waals surface area contributed by atoms with Gasteiger partial charge in [-0.25, -0.2) is 0 Å². The molecule has 0 bridgehead atoms. The van der Waals surface area contributed by atoms with Crippen molar-refractivity contribution in [1.29, 1.82) is 0 Å². The minimum atomic E-state index is -4.38. The third-order valence-electron chi connectivity index (χ3n) is 4.82. The molecule has 1 aromatic rings. The Morgan fingerprint density at radius 2 is 1.92 bits per heavy atom. The van der Waals surface area contributed by atoms with E-state index in [9.17, 15) is 13.2 Å². The Morgan fingerprint density at radius 1 is 1.29 bits per heavy atom. The third-order valence-corrected chi connectivity index (χ3v) is 5.46. The van der Waals surface area contributed by atoms with Gasteiger partial charge in [0.05, 0.1) is 11.3 Å². The Balaban J connectivity index is 1.86. The van der Waals surface area contributed by atoms with Gasteiger partial charge in [0.15, 0.2) is 0 Å². The number of pyridine rings is 1. The van der Waals surface area contributed by atoms with Gasteiger partial charge < -0.3 is 10.4 Å². The average Bonchev–Trinajstić information content (AvgIpc) is 2.53. The van der Waals surface area contributed by atoms with E-state index in [4.69, 9.17) is 5.11 Å². The van der Waals surface area contributed by atoms with Crippen LogP contribution in [-0.4, -0.2) is 23.2 Å². The lowest BCUT2D eigenvalue weighted by Gasteiger charge is -2.29. The van der Waals surface area contributed by atoms with Crippen LogP contribution in [0.15, 0.2) is 16.7 Å². The van der Waals surface area contributed by atoms with Crippen LogP contribution < -0.4 is 5.32 Å². The molecule has 24 heavy (non-hydrogen) atoms. The van der Waals surface area contributed by atoms with Gasteiger partial charge in [-0.1, -0.05) is 12.8 Å². The maximum atomic E-state index is 12.7. The molecule has 1 saturated carbocycles. The molecular weight excluding hydrogens is 385 g/mol. The first-order valence-electron chi connectivity index (χ1n) is 8.38. The topological polar surface area (TPSA) is 45.1 Å². The third kappa shape index (κ3) is 5.43. The van der Waals surface area contributed by atoms with Crippen LogP contribution in [0.4, 0.5) is 13.2 Å². The molecule has 0 saturated heterocycles. The zero-order chi connectivity index (χ0) is 17.7. The van der Waals surface area contributed by atoms with Crippen molar-refractivity contribution in [3.05, 3.63) is 28.0 Å². The fourth-order valence-corrected chi connectivity index (χ4v) is 3.96. The summed E-state index contributed by atoms with van der Waals surface area (Å²) in [5.74, 6) is 1.21. The Kier molecular flexibility index (Phi) is 7.07. The van der Waals surface area contributed by atoms with Gasteiger partial charge >= 0.3 is 6.18 Å². The minimum absolute atomic E-state index is 0.114. The first kappa shape index (κ1) is 19.7. The van der Waals surface area contributed by atoms with Gasteiger partial charge in [0.2, 0.25) is 0 Å². The molecule has 7 heteroatoms. The second-order valence-electron chi connectivity index (χ2n) is 6.62. The van der Waals surface area contributed by atoms with Crippen LogP contribution >= 0.6 is 15.9 Å². The highest BCUT2D eigenvalue weighted by Gasteiger charge is 2.32. The van der Waals surface area contributed by atoms with E-state index in [0.717, 1.165) is 50.9 Å². The van der Waals surface area contributed by atoms with E-state index in [1.165, 1.54) is 0 Å². The van der Waals surface area contributed by atoms with Gasteiger partial charge in [0.1, 0.15) is 0 Å². The number of hydrogen-bond donors (Lipinski definition) is 2. The second-order valence-corrected chi connectivity index (χ2v) is 7.47. The molecule has 3 nitrogen and oxygen atoms in total. The summed E-state index contributed by atoms with van der Waals surface area (Å²) in [6.07, 6.45) is 1.94. The number of rotatable bonds is 6. The molecule has 0 aliphatic heterocycles. The van der Waals surface area contributed by atoms with Crippen molar-refractivity contribution in [2.45, 2.75) is 51.2 Å². The number of alkyl halides is 3. The zero-order valence-corrected chi connectivity index (χ0v) is 15.3. The predicted octanol–water partition coefficient (Wildman–Crippen LogP) is 4.70. The Bertz CT molecular complexity index is 531. The first-order chi connectivity index (χ1) is 11.3. The molecule has 0 radical (unpaired) electrons. The predicted molar refractivity (Wildman–Crippen MR) is 90.5 cm³/mol. The number of aliphatic hydroxyl groups is 1. The highest BCUT2D eigenvalue weighted by atomic mass is 79.9. The maximum Gasteiger partial charge on any atom is 0.417 e.